The molecular formula is C24H33N3O3. The summed E-state index contributed by atoms with van der Waals surface area (Å²) in [5.74, 6) is 1.55. The van der Waals surface area contributed by atoms with Crippen LogP contribution in [0.4, 0.5) is 5.69 Å². The van der Waals surface area contributed by atoms with Crippen molar-refractivity contribution in [2.24, 2.45) is 0 Å². The average Bonchev–Trinajstić information content (AvgIpc) is 2.79. The predicted octanol–water partition coefficient (Wildman–Crippen LogP) is 3.63. The van der Waals surface area contributed by atoms with Gasteiger partial charge in [0.2, 0.25) is 5.91 Å². The summed E-state index contributed by atoms with van der Waals surface area (Å²) in [7, 11) is 3.25. The Bertz CT molecular complexity index is 805. The molecule has 1 heterocycles. The molecule has 1 N–H and O–H groups in total. The molecule has 30 heavy (non-hydrogen) atoms. The first-order chi connectivity index (χ1) is 14.6. The zero-order valence-corrected chi connectivity index (χ0v) is 18.3. The number of nitrogens with zero attached hydrogens (tertiary/aromatic N) is 2. The second kappa shape index (κ2) is 10.9. The van der Waals surface area contributed by atoms with Crippen LogP contribution in [0.3, 0.4) is 0 Å². The molecule has 2 aromatic rings. The van der Waals surface area contributed by atoms with Gasteiger partial charge in [-0.25, -0.2) is 0 Å². The number of hydrogen-bond donors (Lipinski definition) is 1. The Morgan fingerprint density at radius 3 is 2.40 bits per heavy atom. The summed E-state index contributed by atoms with van der Waals surface area (Å²) >= 11 is 0. The topological polar surface area (TPSA) is 54.0 Å². The van der Waals surface area contributed by atoms with E-state index in [-0.39, 0.29) is 5.91 Å². The molecule has 1 amide bonds. The van der Waals surface area contributed by atoms with E-state index in [0.29, 0.717) is 37.2 Å². The number of methoxy groups -OCH3 is 2. The van der Waals surface area contributed by atoms with E-state index in [9.17, 15) is 4.79 Å². The lowest BCUT2D eigenvalue weighted by atomic mass is 10.0. The number of hydrogen-bond acceptors (Lipinski definition) is 5. The Morgan fingerprint density at radius 1 is 1.07 bits per heavy atom. The SMILES string of the molecule is CCN(Cc1ccc(OC)c(OC)c1)C(=O)CN1CCC(Nc2ccccc2)CC1. The molecule has 1 aliphatic rings. The zero-order valence-electron chi connectivity index (χ0n) is 18.3. The molecule has 0 bridgehead atoms. The van der Waals surface area contributed by atoms with Crippen LogP contribution in [0.2, 0.25) is 0 Å². The van der Waals surface area contributed by atoms with Gasteiger partial charge in [0.1, 0.15) is 0 Å². The number of carbonyl (C=O) groups excluding carboxylic acids is 1. The highest BCUT2D eigenvalue weighted by molar-refractivity contribution is 5.78. The molecule has 1 saturated heterocycles. The number of nitrogens with one attached hydrogen (secondary N) is 1. The molecule has 6 heteroatoms. The average molecular weight is 412 g/mol. The van der Waals surface area contributed by atoms with E-state index in [1.807, 2.05) is 48.2 Å². The van der Waals surface area contributed by atoms with Gasteiger partial charge in [0, 0.05) is 37.9 Å². The summed E-state index contributed by atoms with van der Waals surface area (Å²) in [6.07, 6.45) is 2.09. The van der Waals surface area contributed by atoms with Crippen LogP contribution in [0.15, 0.2) is 48.5 Å². The van der Waals surface area contributed by atoms with Crippen LogP contribution in [0.25, 0.3) is 0 Å². The molecule has 0 aliphatic carbocycles. The monoisotopic (exact) mass is 411 g/mol. The number of piperidine rings is 1. The Hall–Kier alpha value is -2.73. The van der Waals surface area contributed by atoms with Gasteiger partial charge in [-0.1, -0.05) is 24.3 Å². The number of likely N-dealkylation sites (tertiary alicyclic amines) is 1. The fourth-order valence-corrected chi connectivity index (χ4v) is 3.87. The molecule has 162 valence electrons. The van der Waals surface area contributed by atoms with Crippen LogP contribution >= 0.6 is 0 Å². The standard InChI is InChI=1S/C24H33N3O3/c1-4-27(17-19-10-11-22(29-2)23(16-19)30-3)24(28)18-26-14-12-21(13-15-26)25-20-8-6-5-7-9-20/h5-11,16,21,25H,4,12-15,17-18H2,1-3H3. The van der Waals surface area contributed by atoms with Crippen molar-refractivity contribution in [2.75, 3.05) is 45.7 Å². The number of anilines is 1. The highest BCUT2D eigenvalue weighted by atomic mass is 16.5. The van der Waals surface area contributed by atoms with Crippen molar-refractivity contribution in [3.8, 4) is 11.5 Å². The van der Waals surface area contributed by atoms with E-state index in [0.717, 1.165) is 31.5 Å². The number of amides is 1. The number of benzene rings is 2. The Morgan fingerprint density at radius 2 is 1.77 bits per heavy atom. The Kier molecular flexibility index (Phi) is 7.97. The lowest BCUT2D eigenvalue weighted by molar-refractivity contribution is -0.133. The molecule has 0 spiro atoms. The van der Waals surface area contributed by atoms with Crippen LogP contribution in [0, 0.1) is 0 Å². The molecule has 0 atom stereocenters. The summed E-state index contributed by atoms with van der Waals surface area (Å²) in [5, 5.41) is 3.60. The smallest absolute Gasteiger partial charge is 0.237 e. The lowest BCUT2D eigenvalue weighted by Crippen LogP contribution is -2.45. The third-order valence-electron chi connectivity index (χ3n) is 5.65. The quantitative estimate of drug-likeness (QED) is 0.683. The first-order valence-corrected chi connectivity index (χ1v) is 10.7. The molecule has 0 aromatic heterocycles. The first kappa shape index (κ1) is 22.0. The molecule has 0 radical (unpaired) electrons. The van der Waals surface area contributed by atoms with Crippen molar-refractivity contribution in [1.29, 1.82) is 0 Å². The van der Waals surface area contributed by atoms with Crippen LogP contribution in [0.5, 0.6) is 11.5 Å². The van der Waals surface area contributed by atoms with E-state index in [2.05, 4.69) is 22.3 Å². The molecule has 2 aromatic carbocycles. The minimum absolute atomic E-state index is 0.168. The molecule has 1 aliphatic heterocycles. The van der Waals surface area contributed by atoms with Crippen molar-refractivity contribution in [3.63, 3.8) is 0 Å². The summed E-state index contributed by atoms with van der Waals surface area (Å²) in [5.41, 5.74) is 2.20. The maximum atomic E-state index is 12.9. The molecular weight excluding hydrogens is 378 g/mol. The summed E-state index contributed by atoms with van der Waals surface area (Å²) in [6, 6.07) is 16.6. The van der Waals surface area contributed by atoms with E-state index >= 15 is 0 Å². The lowest BCUT2D eigenvalue weighted by Gasteiger charge is -2.33. The van der Waals surface area contributed by atoms with Crippen LogP contribution in [0.1, 0.15) is 25.3 Å². The van der Waals surface area contributed by atoms with Crippen molar-refractivity contribution >= 4 is 11.6 Å². The Balaban J connectivity index is 1.50. The van der Waals surface area contributed by atoms with Crippen molar-refractivity contribution in [1.82, 2.24) is 9.80 Å². The minimum atomic E-state index is 0.168. The fraction of sp³-hybridized carbons (Fsp3) is 0.458. The zero-order chi connectivity index (χ0) is 21.3. The third-order valence-corrected chi connectivity index (χ3v) is 5.65. The van der Waals surface area contributed by atoms with Gasteiger partial charge in [0.05, 0.1) is 20.8 Å². The van der Waals surface area contributed by atoms with E-state index in [4.69, 9.17) is 9.47 Å². The molecule has 0 unspecified atom stereocenters. The number of ether oxygens (including phenoxy) is 2. The van der Waals surface area contributed by atoms with Gasteiger partial charge in [-0.2, -0.15) is 0 Å². The number of para-hydroxylation sites is 1. The third kappa shape index (κ3) is 5.89. The predicted molar refractivity (Wildman–Crippen MR) is 120 cm³/mol. The van der Waals surface area contributed by atoms with Gasteiger partial charge in [-0.05, 0) is 49.6 Å². The van der Waals surface area contributed by atoms with Crippen molar-refractivity contribution < 1.29 is 14.3 Å². The summed E-state index contributed by atoms with van der Waals surface area (Å²) in [4.78, 5) is 17.1. The van der Waals surface area contributed by atoms with Crippen molar-refractivity contribution in [3.05, 3.63) is 54.1 Å². The van der Waals surface area contributed by atoms with Gasteiger partial charge in [-0.3, -0.25) is 9.69 Å². The molecule has 3 rings (SSSR count). The summed E-state index contributed by atoms with van der Waals surface area (Å²) < 4.78 is 10.7. The second-order valence-corrected chi connectivity index (χ2v) is 7.66. The minimum Gasteiger partial charge on any atom is -0.493 e. The van der Waals surface area contributed by atoms with Gasteiger partial charge < -0.3 is 19.7 Å². The highest BCUT2D eigenvalue weighted by Crippen LogP contribution is 2.28. The van der Waals surface area contributed by atoms with Gasteiger partial charge in [-0.15, -0.1) is 0 Å². The van der Waals surface area contributed by atoms with Crippen LogP contribution in [-0.2, 0) is 11.3 Å². The normalized spacial score (nSPS) is 14.9. The first-order valence-electron chi connectivity index (χ1n) is 10.7. The van der Waals surface area contributed by atoms with Gasteiger partial charge in [0.25, 0.3) is 0 Å². The maximum absolute atomic E-state index is 12.9. The van der Waals surface area contributed by atoms with Crippen LogP contribution in [-0.4, -0.2) is 62.1 Å². The van der Waals surface area contributed by atoms with Gasteiger partial charge in [0.15, 0.2) is 11.5 Å². The van der Waals surface area contributed by atoms with Gasteiger partial charge >= 0.3 is 0 Å². The number of carbonyl (C=O) groups is 1. The maximum Gasteiger partial charge on any atom is 0.237 e. The molecule has 0 saturated carbocycles. The van der Waals surface area contributed by atoms with E-state index in [1.165, 1.54) is 5.69 Å². The second-order valence-electron chi connectivity index (χ2n) is 7.66. The van der Waals surface area contributed by atoms with Crippen LogP contribution < -0.4 is 14.8 Å². The van der Waals surface area contributed by atoms with E-state index < -0.39 is 0 Å². The largest absolute Gasteiger partial charge is 0.493 e. The molecule has 1 fully saturated rings. The van der Waals surface area contributed by atoms with Crippen molar-refractivity contribution in [2.45, 2.75) is 32.4 Å². The number of likely N-dealkylation sites (N-methyl/N-ethyl adjacent to an activating group) is 1. The molecule has 6 nitrogen and oxygen atoms in total. The van der Waals surface area contributed by atoms with E-state index in [1.54, 1.807) is 14.2 Å². The summed E-state index contributed by atoms with van der Waals surface area (Å²) in [6.45, 7) is 5.61. The fourth-order valence-electron chi connectivity index (χ4n) is 3.87. The highest BCUT2D eigenvalue weighted by Gasteiger charge is 2.23. The number of rotatable bonds is 9. The Labute approximate surface area is 179 Å².